The highest BCUT2D eigenvalue weighted by Gasteiger charge is 2.27. The molecule has 0 saturated carbocycles. The fourth-order valence-corrected chi connectivity index (χ4v) is 2.89. The highest BCUT2D eigenvalue weighted by atomic mass is 16.6. The van der Waals surface area contributed by atoms with E-state index < -0.39 is 41.1 Å². The Balaban J connectivity index is 2.29. The Morgan fingerprint density at radius 1 is 0.846 bits per heavy atom. The van der Waals surface area contributed by atoms with Crippen molar-refractivity contribution in [2.45, 2.75) is 54.1 Å². The SMILES string of the molecule is C=C(C)C(=O)Oc1ccc(O)c(C(=O)OC(C)Cc2cc(OC(=O)C(=C)C)c(OC(=O)C(C)(C)C)cc2O)c1. The number of hydrogen-bond acceptors (Lipinski definition) is 10. The lowest BCUT2D eigenvalue weighted by Crippen LogP contribution is -2.26. The van der Waals surface area contributed by atoms with E-state index in [1.165, 1.54) is 39.0 Å². The highest BCUT2D eigenvalue weighted by Crippen LogP contribution is 2.37. The van der Waals surface area contributed by atoms with E-state index in [4.69, 9.17) is 18.9 Å². The molecule has 2 rings (SSSR count). The zero-order valence-corrected chi connectivity index (χ0v) is 22.7. The second-order valence-electron chi connectivity index (χ2n) is 10.0. The molecule has 0 aliphatic rings. The number of rotatable bonds is 9. The molecule has 1 atom stereocenters. The zero-order chi connectivity index (χ0) is 29.7. The molecule has 0 fully saturated rings. The van der Waals surface area contributed by atoms with Crippen LogP contribution >= 0.6 is 0 Å². The summed E-state index contributed by atoms with van der Waals surface area (Å²) < 4.78 is 21.2. The molecule has 0 aromatic heterocycles. The third kappa shape index (κ3) is 8.46. The van der Waals surface area contributed by atoms with Crippen molar-refractivity contribution in [1.82, 2.24) is 0 Å². The number of aromatic hydroxyl groups is 2. The second-order valence-corrected chi connectivity index (χ2v) is 10.0. The molecule has 1 unspecified atom stereocenters. The van der Waals surface area contributed by atoms with Gasteiger partial charge in [0.25, 0.3) is 0 Å². The molecule has 0 aliphatic carbocycles. The number of carbonyl (C=O) groups excluding carboxylic acids is 4. The molecule has 0 aliphatic heterocycles. The summed E-state index contributed by atoms with van der Waals surface area (Å²) in [6, 6.07) is 6.04. The van der Waals surface area contributed by atoms with Gasteiger partial charge in [0.15, 0.2) is 11.5 Å². The number of esters is 4. The van der Waals surface area contributed by atoms with Gasteiger partial charge in [-0.2, -0.15) is 0 Å². The van der Waals surface area contributed by atoms with Crippen LogP contribution in [0.15, 0.2) is 54.6 Å². The van der Waals surface area contributed by atoms with Crippen molar-refractivity contribution in [1.29, 1.82) is 0 Å². The molecule has 208 valence electrons. The summed E-state index contributed by atoms with van der Waals surface area (Å²) in [4.78, 5) is 49.1. The largest absolute Gasteiger partial charge is 0.508 e. The molecule has 0 saturated heterocycles. The Kier molecular flexibility index (Phi) is 9.65. The molecular formula is C29H32O10. The Morgan fingerprint density at radius 3 is 1.97 bits per heavy atom. The van der Waals surface area contributed by atoms with Crippen molar-refractivity contribution in [3.63, 3.8) is 0 Å². The van der Waals surface area contributed by atoms with Crippen LogP contribution in [-0.2, 0) is 25.5 Å². The summed E-state index contributed by atoms with van der Waals surface area (Å²) in [6.45, 7) is 16.3. The molecule has 0 radical (unpaired) electrons. The normalized spacial score (nSPS) is 11.6. The average Bonchev–Trinajstić information content (AvgIpc) is 2.81. The van der Waals surface area contributed by atoms with Gasteiger partial charge in [-0.25, -0.2) is 14.4 Å². The van der Waals surface area contributed by atoms with Gasteiger partial charge >= 0.3 is 23.9 Å². The lowest BCUT2D eigenvalue weighted by Gasteiger charge is -2.20. The van der Waals surface area contributed by atoms with E-state index >= 15 is 0 Å². The van der Waals surface area contributed by atoms with Gasteiger partial charge in [-0.15, -0.1) is 0 Å². The Bertz CT molecular complexity index is 1330. The van der Waals surface area contributed by atoms with E-state index in [-0.39, 0.29) is 51.7 Å². The monoisotopic (exact) mass is 540 g/mol. The van der Waals surface area contributed by atoms with Gasteiger partial charge in [0.2, 0.25) is 0 Å². The summed E-state index contributed by atoms with van der Waals surface area (Å²) in [5.41, 5.74) is -0.676. The maximum atomic E-state index is 12.7. The third-order valence-electron chi connectivity index (χ3n) is 5.07. The summed E-state index contributed by atoms with van der Waals surface area (Å²) in [7, 11) is 0. The average molecular weight is 541 g/mol. The Hall–Kier alpha value is -4.60. The zero-order valence-electron chi connectivity index (χ0n) is 22.7. The van der Waals surface area contributed by atoms with Crippen LogP contribution in [0.1, 0.15) is 57.5 Å². The minimum atomic E-state index is -0.919. The molecule has 2 aromatic carbocycles. The third-order valence-corrected chi connectivity index (χ3v) is 5.07. The number of carbonyl (C=O) groups is 4. The summed E-state index contributed by atoms with van der Waals surface area (Å²) in [5.74, 6) is -4.05. The second kappa shape index (κ2) is 12.3. The van der Waals surface area contributed by atoms with Crippen molar-refractivity contribution >= 4 is 23.9 Å². The number of benzene rings is 2. The maximum absolute atomic E-state index is 12.7. The van der Waals surface area contributed by atoms with Gasteiger partial charge in [-0.3, -0.25) is 4.79 Å². The number of phenolic OH excluding ortho intramolecular Hbond substituents is 2. The molecule has 0 heterocycles. The first-order valence-electron chi connectivity index (χ1n) is 11.9. The van der Waals surface area contributed by atoms with Gasteiger partial charge < -0.3 is 29.2 Å². The maximum Gasteiger partial charge on any atom is 0.342 e. The molecular weight excluding hydrogens is 508 g/mol. The fraction of sp³-hybridized carbons (Fsp3) is 0.310. The van der Waals surface area contributed by atoms with Crippen LogP contribution < -0.4 is 14.2 Å². The van der Waals surface area contributed by atoms with E-state index in [2.05, 4.69) is 13.2 Å². The van der Waals surface area contributed by atoms with Crippen molar-refractivity contribution < 1.29 is 48.3 Å². The summed E-state index contributed by atoms with van der Waals surface area (Å²) in [5, 5.41) is 20.7. The summed E-state index contributed by atoms with van der Waals surface area (Å²) >= 11 is 0. The molecule has 0 amide bonds. The van der Waals surface area contributed by atoms with E-state index in [0.29, 0.717) is 0 Å². The lowest BCUT2D eigenvalue weighted by atomic mass is 9.97. The highest BCUT2D eigenvalue weighted by molar-refractivity contribution is 5.94. The van der Waals surface area contributed by atoms with Crippen LogP contribution in [0.4, 0.5) is 0 Å². The Morgan fingerprint density at radius 2 is 1.41 bits per heavy atom. The molecule has 2 N–H and O–H groups in total. The van der Waals surface area contributed by atoms with Gasteiger partial charge in [-0.1, -0.05) is 13.2 Å². The number of phenols is 2. The van der Waals surface area contributed by atoms with Crippen LogP contribution in [0.25, 0.3) is 0 Å². The first-order chi connectivity index (χ1) is 18.0. The van der Waals surface area contributed by atoms with Crippen molar-refractivity contribution in [2.75, 3.05) is 0 Å². The predicted octanol–water partition coefficient (Wildman–Crippen LogP) is 4.80. The molecule has 39 heavy (non-hydrogen) atoms. The molecule has 0 spiro atoms. The minimum Gasteiger partial charge on any atom is -0.508 e. The van der Waals surface area contributed by atoms with Crippen molar-refractivity contribution in [3.05, 3.63) is 65.8 Å². The van der Waals surface area contributed by atoms with Crippen LogP contribution in [0.3, 0.4) is 0 Å². The van der Waals surface area contributed by atoms with Crippen LogP contribution in [-0.4, -0.2) is 40.2 Å². The standard InChI is InChI=1S/C29H32O10/c1-15(2)25(32)37-19-9-10-21(30)20(13-19)27(34)36-17(5)11-18-12-23(38-26(33)16(3)4)24(14-22(18)31)39-28(35)29(6,7)8/h9-10,12-14,17,30-31H,1,3,11H2,2,4-8H3. The predicted molar refractivity (Wildman–Crippen MR) is 141 cm³/mol. The topological polar surface area (TPSA) is 146 Å². The van der Waals surface area contributed by atoms with Crippen LogP contribution in [0.5, 0.6) is 28.7 Å². The molecule has 10 heteroatoms. The van der Waals surface area contributed by atoms with Gasteiger partial charge in [0.1, 0.15) is 28.9 Å². The summed E-state index contributed by atoms with van der Waals surface area (Å²) in [6.07, 6.45) is -0.898. The van der Waals surface area contributed by atoms with Crippen LogP contribution in [0.2, 0.25) is 0 Å². The van der Waals surface area contributed by atoms with Gasteiger partial charge in [0, 0.05) is 29.2 Å². The fourth-order valence-electron chi connectivity index (χ4n) is 2.89. The number of ether oxygens (including phenoxy) is 4. The van der Waals surface area contributed by atoms with E-state index in [0.717, 1.165) is 12.1 Å². The van der Waals surface area contributed by atoms with Crippen molar-refractivity contribution in [3.8, 4) is 28.7 Å². The quantitative estimate of drug-likeness (QED) is 0.258. The molecule has 10 nitrogen and oxygen atoms in total. The van der Waals surface area contributed by atoms with Gasteiger partial charge in [-0.05, 0) is 65.8 Å². The Labute approximate surface area is 226 Å². The van der Waals surface area contributed by atoms with Crippen molar-refractivity contribution in [2.24, 2.45) is 5.41 Å². The van der Waals surface area contributed by atoms with E-state index in [1.54, 1.807) is 20.8 Å². The van der Waals surface area contributed by atoms with E-state index in [9.17, 15) is 29.4 Å². The van der Waals surface area contributed by atoms with Crippen LogP contribution in [0, 0.1) is 5.41 Å². The minimum absolute atomic E-state index is 0.00223. The first-order valence-corrected chi connectivity index (χ1v) is 11.9. The number of hydrogen-bond donors (Lipinski definition) is 2. The first kappa shape index (κ1) is 30.6. The molecule has 0 bridgehead atoms. The van der Waals surface area contributed by atoms with E-state index in [1.807, 2.05) is 0 Å². The van der Waals surface area contributed by atoms with Gasteiger partial charge in [0.05, 0.1) is 5.41 Å². The molecule has 2 aromatic rings. The lowest BCUT2D eigenvalue weighted by molar-refractivity contribution is -0.143. The smallest absolute Gasteiger partial charge is 0.342 e.